The molecule has 188 valence electrons. The molecule has 3 aliphatic rings. The molecular formula is C25H39N5O4. The van der Waals surface area contributed by atoms with E-state index in [1.54, 1.807) is 4.90 Å². The van der Waals surface area contributed by atoms with Gasteiger partial charge in [0.2, 0.25) is 0 Å². The van der Waals surface area contributed by atoms with Crippen LogP contribution in [-0.2, 0) is 16.1 Å². The van der Waals surface area contributed by atoms with E-state index in [9.17, 15) is 9.59 Å². The molecule has 1 aromatic carbocycles. The molecule has 0 spiro atoms. The van der Waals surface area contributed by atoms with Crippen molar-refractivity contribution >= 4 is 12.1 Å². The van der Waals surface area contributed by atoms with Gasteiger partial charge < -0.3 is 24.5 Å². The Morgan fingerprint density at radius 1 is 0.941 bits per heavy atom. The molecule has 9 nitrogen and oxygen atoms in total. The predicted octanol–water partition coefficient (Wildman–Crippen LogP) is 1.45. The van der Waals surface area contributed by atoms with Gasteiger partial charge in [0.15, 0.2) is 6.23 Å². The Kier molecular flexibility index (Phi) is 8.77. The summed E-state index contributed by atoms with van der Waals surface area (Å²) < 4.78 is 5.79. The summed E-state index contributed by atoms with van der Waals surface area (Å²) in [6, 6.07) is 10.7. The van der Waals surface area contributed by atoms with Crippen LogP contribution in [0.2, 0.25) is 0 Å². The van der Waals surface area contributed by atoms with E-state index < -0.39 is 5.97 Å². The lowest BCUT2D eigenvalue weighted by atomic mass is 10.1. The first-order chi connectivity index (χ1) is 16.5. The maximum atomic E-state index is 12.4. The lowest BCUT2D eigenvalue weighted by molar-refractivity contribution is -0.137. The summed E-state index contributed by atoms with van der Waals surface area (Å²) in [5.41, 5.74) is 1.36. The molecule has 4 rings (SSSR count). The maximum Gasteiger partial charge on any atom is 0.411 e. The summed E-state index contributed by atoms with van der Waals surface area (Å²) in [4.78, 5) is 34.5. The van der Waals surface area contributed by atoms with Gasteiger partial charge in [0.1, 0.15) is 0 Å². The normalized spacial score (nSPS) is 25.6. The topological polar surface area (TPSA) is 79.8 Å². The number of aliphatic carboxylic acids is 1. The molecule has 9 heteroatoms. The number of piperazine rings is 2. The van der Waals surface area contributed by atoms with Crippen molar-refractivity contribution < 1.29 is 19.4 Å². The molecule has 3 heterocycles. The summed E-state index contributed by atoms with van der Waals surface area (Å²) in [5, 5.41) is 8.84. The van der Waals surface area contributed by atoms with Gasteiger partial charge in [-0.05, 0) is 24.9 Å². The van der Waals surface area contributed by atoms with Crippen molar-refractivity contribution in [2.75, 3.05) is 72.5 Å². The molecule has 1 N–H and O–H groups in total. The fourth-order valence-electron chi connectivity index (χ4n) is 5.27. The highest BCUT2D eigenvalue weighted by Gasteiger charge is 2.43. The lowest BCUT2D eigenvalue weighted by Gasteiger charge is -2.39. The smallest absolute Gasteiger partial charge is 0.411 e. The molecule has 2 unspecified atom stereocenters. The zero-order chi connectivity index (χ0) is 23.9. The molecule has 0 aromatic heterocycles. The summed E-state index contributed by atoms with van der Waals surface area (Å²) in [6.07, 6.45) is 1.38. The summed E-state index contributed by atoms with van der Waals surface area (Å²) in [6.45, 7) is 10.5. The van der Waals surface area contributed by atoms with Crippen molar-refractivity contribution in [3.63, 3.8) is 0 Å². The summed E-state index contributed by atoms with van der Waals surface area (Å²) in [7, 11) is 1.85. The number of ether oxygens (including phenoxy) is 1. The number of carbonyl (C=O) groups excluding carboxylic acids is 1. The van der Waals surface area contributed by atoms with E-state index in [0.717, 1.165) is 78.4 Å². The van der Waals surface area contributed by atoms with Crippen LogP contribution in [-0.4, -0.2) is 126 Å². The number of benzene rings is 1. The van der Waals surface area contributed by atoms with Crippen LogP contribution in [0.3, 0.4) is 0 Å². The number of carboxylic acid groups (broad SMARTS) is 1. The Morgan fingerprint density at radius 3 is 2.24 bits per heavy atom. The Morgan fingerprint density at radius 2 is 1.56 bits per heavy atom. The second-order valence-corrected chi connectivity index (χ2v) is 9.72. The Labute approximate surface area is 202 Å². The Balaban J connectivity index is 1.21. The SMILES string of the molecule is CN1C(=O)OC(N2CCN(CCCC(=O)O)CC2)C1CCN1CCN(Cc2ccccc2)CC1. The van der Waals surface area contributed by atoms with Crippen molar-refractivity contribution in [1.29, 1.82) is 0 Å². The highest BCUT2D eigenvalue weighted by atomic mass is 16.6. The van der Waals surface area contributed by atoms with Crippen molar-refractivity contribution in [1.82, 2.24) is 24.5 Å². The molecule has 3 saturated heterocycles. The highest BCUT2D eigenvalue weighted by molar-refractivity contribution is 5.70. The van der Waals surface area contributed by atoms with E-state index in [1.165, 1.54) is 5.56 Å². The number of rotatable bonds is 10. The van der Waals surface area contributed by atoms with Crippen molar-refractivity contribution in [2.45, 2.75) is 38.1 Å². The largest absolute Gasteiger partial charge is 0.481 e. The van der Waals surface area contributed by atoms with Crippen LogP contribution in [0.4, 0.5) is 4.79 Å². The number of nitrogens with zero attached hydrogens (tertiary/aromatic N) is 5. The van der Waals surface area contributed by atoms with Crippen molar-refractivity contribution in [2.24, 2.45) is 0 Å². The summed E-state index contributed by atoms with van der Waals surface area (Å²) in [5.74, 6) is -0.736. The van der Waals surface area contributed by atoms with Crippen LogP contribution in [0.15, 0.2) is 30.3 Å². The zero-order valence-corrected chi connectivity index (χ0v) is 20.3. The van der Waals surface area contributed by atoms with E-state index in [-0.39, 0.29) is 24.8 Å². The molecular weight excluding hydrogens is 434 g/mol. The minimum absolute atomic E-state index is 0.0633. The molecule has 0 saturated carbocycles. The predicted molar refractivity (Wildman–Crippen MR) is 129 cm³/mol. The number of carboxylic acids is 1. The Bertz CT molecular complexity index is 794. The van der Waals surface area contributed by atoms with Gasteiger partial charge in [-0.25, -0.2) is 4.79 Å². The van der Waals surface area contributed by atoms with Gasteiger partial charge in [0.05, 0.1) is 6.04 Å². The maximum absolute atomic E-state index is 12.4. The lowest BCUT2D eigenvalue weighted by Crippen LogP contribution is -2.54. The highest BCUT2D eigenvalue weighted by Crippen LogP contribution is 2.25. The molecule has 1 aromatic rings. The third-order valence-electron chi connectivity index (χ3n) is 7.42. The van der Waals surface area contributed by atoms with E-state index in [4.69, 9.17) is 9.84 Å². The average molecular weight is 474 g/mol. The zero-order valence-electron chi connectivity index (χ0n) is 20.3. The monoisotopic (exact) mass is 473 g/mol. The molecule has 34 heavy (non-hydrogen) atoms. The first-order valence-corrected chi connectivity index (χ1v) is 12.6. The number of likely N-dealkylation sites (N-methyl/N-ethyl adjacent to an activating group) is 1. The van der Waals surface area contributed by atoms with E-state index in [1.807, 2.05) is 7.05 Å². The summed E-state index contributed by atoms with van der Waals surface area (Å²) >= 11 is 0. The number of hydrogen-bond donors (Lipinski definition) is 1. The molecule has 3 fully saturated rings. The molecule has 3 aliphatic heterocycles. The van der Waals surface area contributed by atoms with Gasteiger partial charge in [-0.15, -0.1) is 0 Å². The van der Waals surface area contributed by atoms with Crippen LogP contribution < -0.4 is 0 Å². The fraction of sp³-hybridized carbons (Fsp3) is 0.680. The van der Waals surface area contributed by atoms with Gasteiger partial charge in [0, 0.05) is 78.9 Å². The van der Waals surface area contributed by atoms with Crippen molar-refractivity contribution in [3.8, 4) is 0 Å². The van der Waals surface area contributed by atoms with Crippen LogP contribution in [0.25, 0.3) is 0 Å². The quantitative estimate of drug-likeness (QED) is 0.547. The van der Waals surface area contributed by atoms with Gasteiger partial charge in [-0.1, -0.05) is 30.3 Å². The second kappa shape index (κ2) is 12.0. The fourth-order valence-corrected chi connectivity index (χ4v) is 5.27. The van der Waals surface area contributed by atoms with E-state index >= 15 is 0 Å². The second-order valence-electron chi connectivity index (χ2n) is 9.72. The van der Waals surface area contributed by atoms with Crippen LogP contribution in [0, 0.1) is 0 Å². The van der Waals surface area contributed by atoms with Gasteiger partial charge >= 0.3 is 12.1 Å². The van der Waals surface area contributed by atoms with E-state index in [2.05, 4.69) is 49.9 Å². The third-order valence-corrected chi connectivity index (χ3v) is 7.42. The third kappa shape index (κ3) is 6.69. The van der Waals surface area contributed by atoms with Gasteiger partial charge in [-0.3, -0.25) is 14.6 Å². The van der Waals surface area contributed by atoms with Gasteiger partial charge in [0.25, 0.3) is 0 Å². The van der Waals surface area contributed by atoms with Crippen LogP contribution >= 0.6 is 0 Å². The molecule has 0 radical (unpaired) electrons. The molecule has 1 amide bonds. The minimum atomic E-state index is -0.736. The van der Waals surface area contributed by atoms with Crippen molar-refractivity contribution in [3.05, 3.63) is 35.9 Å². The number of amides is 1. The Hall–Kier alpha value is -2.20. The first-order valence-electron chi connectivity index (χ1n) is 12.6. The number of cyclic esters (lactones) is 1. The van der Waals surface area contributed by atoms with E-state index in [0.29, 0.717) is 6.42 Å². The van der Waals surface area contributed by atoms with Gasteiger partial charge in [-0.2, -0.15) is 0 Å². The molecule has 0 aliphatic carbocycles. The standard InChI is InChI=1S/C25H39N5O4/c1-26-22(9-11-28-12-14-29(15-13-28)20-21-6-3-2-4-7-21)24(34-25(26)33)30-18-16-27(17-19-30)10-5-8-23(31)32/h2-4,6-7,22,24H,5,8-20H2,1H3,(H,31,32). The number of hydrogen-bond acceptors (Lipinski definition) is 7. The minimum Gasteiger partial charge on any atom is -0.481 e. The average Bonchev–Trinajstić information content (AvgIpc) is 3.13. The van der Waals surface area contributed by atoms with Crippen LogP contribution in [0.1, 0.15) is 24.8 Å². The first kappa shape index (κ1) is 24.9. The van der Waals surface area contributed by atoms with Crippen LogP contribution in [0.5, 0.6) is 0 Å². The number of carbonyl (C=O) groups is 2. The molecule has 0 bridgehead atoms. The molecule has 2 atom stereocenters.